The van der Waals surface area contributed by atoms with Crippen molar-refractivity contribution < 1.29 is 19.1 Å². The molecule has 23 heavy (non-hydrogen) atoms. The van der Waals surface area contributed by atoms with Crippen LogP contribution in [0.1, 0.15) is 6.42 Å². The van der Waals surface area contributed by atoms with E-state index in [2.05, 4.69) is 10.6 Å². The van der Waals surface area contributed by atoms with Crippen molar-refractivity contribution in [2.75, 3.05) is 17.3 Å². The van der Waals surface area contributed by atoms with Crippen molar-refractivity contribution in [3.63, 3.8) is 0 Å². The molecule has 1 atom stereocenters. The smallest absolute Gasteiger partial charge is 0.326 e. The van der Waals surface area contributed by atoms with E-state index in [0.717, 1.165) is 6.20 Å². The third-order valence-corrected chi connectivity index (χ3v) is 3.47. The molecule has 0 aliphatic heterocycles. The number of benzene rings is 1. The highest BCUT2D eigenvalue weighted by atomic mass is 32.2. The SMILES string of the molecule is CSCCC(NC(=O)/C(C#N)=C\Nc1ccccc1F)C(=O)O. The maximum absolute atomic E-state index is 13.4. The Hall–Kier alpha value is -2.53. The molecular formula is C15H16FN3O3S. The van der Waals surface area contributed by atoms with Crippen LogP contribution in [0.5, 0.6) is 0 Å². The number of anilines is 1. The van der Waals surface area contributed by atoms with Gasteiger partial charge >= 0.3 is 5.97 Å². The summed E-state index contributed by atoms with van der Waals surface area (Å²) in [5.41, 5.74) is -0.242. The number of nitrogens with zero attached hydrogens (tertiary/aromatic N) is 1. The van der Waals surface area contributed by atoms with Gasteiger partial charge < -0.3 is 15.7 Å². The molecule has 8 heteroatoms. The highest BCUT2D eigenvalue weighted by Gasteiger charge is 2.21. The minimum atomic E-state index is -1.17. The zero-order valence-electron chi connectivity index (χ0n) is 12.4. The Morgan fingerprint density at radius 3 is 2.74 bits per heavy atom. The molecule has 0 heterocycles. The number of aliphatic carboxylic acids is 1. The molecule has 1 aromatic rings. The molecule has 0 spiro atoms. The largest absolute Gasteiger partial charge is 0.480 e. The number of carboxylic acids is 1. The molecule has 0 bridgehead atoms. The summed E-state index contributed by atoms with van der Waals surface area (Å²) in [6, 6.07) is 6.34. The van der Waals surface area contributed by atoms with Gasteiger partial charge in [-0.3, -0.25) is 4.79 Å². The first-order chi connectivity index (χ1) is 11.0. The van der Waals surface area contributed by atoms with E-state index in [0.29, 0.717) is 5.75 Å². The van der Waals surface area contributed by atoms with Gasteiger partial charge in [-0.1, -0.05) is 12.1 Å². The number of rotatable bonds is 8. The van der Waals surface area contributed by atoms with Gasteiger partial charge in [0.1, 0.15) is 23.5 Å². The van der Waals surface area contributed by atoms with Gasteiger partial charge in [-0.15, -0.1) is 0 Å². The lowest BCUT2D eigenvalue weighted by atomic mass is 10.2. The van der Waals surface area contributed by atoms with Crippen LogP contribution in [0.15, 0.2) is 36.0 Å². The van der Waals surface area contributed by atoms with Crippen molar-refractivity contribution in [1.82, 2.24) is 5.32 Å². The molecule has 1 amide bonds. The number of carbonyl (C=O) groups excluding carboxylic acids is 1. The molecule has 0 saturated carbocycles. The number of para-hydroxylation sites is 1. The summed E-state index contributed by atoms with van der Waals surface area (Å²) in [7, 11) is 0. The van der Waals surface area contributed by atoms with Crippen LogP contribution in [0.4, 0.5) is 10.1 Å². The number of carbonyl (C=O) groups is 2. The van der Waals surface area contributed by atoms with Gasteiger partial charge in [0.15, 0.2) is 0 Å². The Morgan fingerprint density at radius 1 is 1.48 bits per heavy atom. The summed E-state index contributed by atoms with van der Waals surface area (Å²) >= 11 is 1.45. The maximum Gasteiger partial charge on any atom is 0.326 e. The van der Waals surface area contributed by atoms with E-state index in [4.69, 9.17) is 10.4 Å². The Kier molecular flexibility index (Phi) is 7.63. The topological polar surface area (TPSA) is 102 Å². The maximum atomic E-state index is 13.4. The molecule has 1 unspecified atom stereocenters. The lowest BCUT2D eigenvalue weighted by Crippen LogP contribution is -2.41. The van der Waals surface area contributed by atoms with Crippen LogP contribution in [-0.4, -0.2) is 35.0 Å². The van der Waals surface area contributed by atoms with Crippen LogP contribution in [0, 0.1) is 17.1 Å². The van der Waals surface area contributed by atoms with E-state index in [1.54, 1.807) is 12.1 Å². The summed E-state index contributed by atoms with van der Waals surface area (Å²) in [6.07, 6.45) is 3.10. The van der Waals surface area contributed by atoms with Gasteiger partial charge in [0.25, 0.3) is 5.91 Å². The monoisotopic (exact) mass is 337 g/mol. The first-order valence-corrected chi connectivity index (χ1v) is 8.03. The normalized spacial score (nSPS) is 12.1. The average Bonchev–Trinajstić information content (AvgIpc) is 2.53. The summed E-state index contributed by atoms with van der Waals surface area (Å²) in [5.74, 6) is -1.99. The number of carboxylic acid groups (broad SMARTS) is 1. The number of nitrogens with one attached hydrogen (secondary N) is 2. The molecule has 3 N–H and O–H groups in total. The lowest BCUT2D eigenvalue weighted by Gasteiger charge is -2.13. The second-order valence-electron chi connectivity index (χ2n) is 4.44. The minimum Gasteiger partial charge on any atom is -0.480 e. The number of hydrogen-bond acceptors (Lipinski definition) is 5. The standard InChI is InChI=1S/C15H16FN3O3S/c1-23-7-6-13(15(21)22)19-14(20)10(8-17)9-18-12-5-3-2-4-11(12)16/h2-5,9,13,18H,6-7H2,1H3,(H,19,20)(H,21,22)/b10-9-. The second kappa shape index (κ2) is 9.48. The molecular weight excluding hydrogens is 321 g/mol. The summed E-state index contributed by atoms with van der Waals surface area (Å²) < 4.78 is 13.4. The van der Waals surface area contributed by atoms with Crippen molar-refractivity contribution in [3.8, 4) is 6.07 Å². The van der Waals surface area contributed by atoms with Gasteiger partial charge in [0.2, 0.25) is 0 Å². The van der Waals surface area contributed by atoms with Crippen LogP contribution in [-0.2, 0) is 9.59 Å². The molecule has 1 aromatic carbocycles. The van der Waals surface area contributed by atoms with Gasteiger partial charge in [-0.25, -0.2) is 9.18 Å². The third kappa shape index (κ3) is 6.00. The van der Waals surface area contributed by atoms with Crippen molar-refractivity contribution in [2.24, 2.45) is 0 Å². The minimum absolute atomic E-state index is 0.102. The zero-order chi connectivity index (χ0) is 17.2. The van der Waals surface area contributed by atoms with Gasteiger partial charge in [-0.2, -0.15) is 17.0 Å². The highest BCUT2D eigenvalue weighted by Crippen LogP contribution is 2.12. The van der Waals surface area contributed by atoms with Crippen molar-refractivity contribution >= 4 is 29.3 Å². The Bertz CT molecular complexity index is 643. The molecule has 0 radical (unpaired) electrons. The Balaban J connectivity index is 2.78. The molecule has 0 aliphatic carbocycles. The fraction of sp³-hybridized carbons (Fsp3) is 0.267. The van der Waals surface area contributed by atoms with E-state index < -0.39 is 23.7 Å². The number of nitriles is 1. The molecule has 122 valence electrons. The second-order valence-corrected chi connectivity index (χ2v) is 5.43. The van der Waals surface area contributed by atoms with E-state index >= 15 is 0 Å². The molecule has 0 aromatic heterocycles. The summed E-state index contributed by atoms with van der Waals surface area (Å²) in [5, 5.41) is 22.9. The molecule has 1 rings (SSSR count). The first kappa shape index (κ1) is 18.5. The quantitative estimate of drug-likeness (QED) is 0.495. The predicted molar refractivity (Wildman–Crippen MR) is 86.3 cm³/mol. The number of amides is 1. The Morgan fingerprint density at radius 2 is 2.17 bits per heavy atom. The van der Waals surface area contributed by atoms with Crippen LogP contribution in [0.2, 0.25) is 0 Å². The average molecular weight is 337 g/mol. The van der Waals surface area contributed by atoms with Crippen LogP contribution < -0.4 is 10.6 Å². The molecule has 0 fully saturated rings. The summed E-state index contributed by atoms with van der Waals surface area (Å²) in [6.45, 7) is 0. The zero-order valence-corrected chi connectivity index (χ0v) is 13.2. The summed E-state index contributed by atoms with van der Waals surface area (Å²) in [4.78, 5) is 23.0. The van der Waals surface area contributed by atoms with Crippen molar-refractivity contribution in [3.05, 3.63) is 41.9 Å². The highest BCUT2D eigenvalue weighted by molar-refractivity contribution is 7.98. The molecule has 6 nitrogen and oxygen atoms in total. The first-order valence-electron chi connectivity index (χ1n) is 6.63. The third-order valence-electron chi connectivity index (χ3n) is 2.83. The number of thioether (sulfide) groups is 1. The van der Waals surface area contributed by atoms with Gasteiger partial charge in [0.05, 0.1) is 5.69 Å². The van der Waals surface area contributed by atoms with Gasteiger partial charge in [0, 0.05) is 6.20 Å². The lowest BCUT2D eigenvalue weighted by molar-refractivity contribution is -0.141. The van der Waals surface area contributed by atoms with Gasteiger partial charge in [-0.05, 0) is 30.6 Å². The molecule has 0 saturated heterocycles. The van der Waals surface area contributed by atoms with E-state index in [-0.39, 0.29) is 17.7 Å². The predicted octanol–water partition coefficient (Wildman–Crippen LogP) is 1.97. The fourth-order valence-electron chi connectivity index (χ4n) is 1.61. The van der Waals surface area contributed by atoms with E-state index in [1.165, 1.54) is 30.0 Å². The van der Waals surface area contributed by atoms with Crippen molar-refractivity contribution in [2.45, 2.75) is 12.5 Å². The number of hydrogen-bond donors (Lipinski definition) is 3. The van der Waals surface area contributed by atoms with Crippen LogP contribution in [0.3, 0.4) is 0 Å². The van der Waals surface area contributed by atoms with Crippen LogP contribution in [0.25, 0.3) is 0 Å². The van der Waals surface area contributed by atoms with E-state index in [9.17, 15) is 14.0 Å². The Labute approximate surface area is 137 Å². The van der Waals surface area contributed by atoms with Crippen LogP contribution >= 0.6 is 11.8 Å². The fourth-order valence-corrected chi connectivity index (χ4v) is 2.08. The number of halogens is 1. The molecule has 0 aliphatic rings. The van der Waals surface area contributed by atoms with Crippen molar-refractivity contribution in [1.29, 1.82) is 5.26 Å². The van der Waals surface area contributed by atoms with E-state index in [1.807, 2.05) is 6.26 Å².